The lowest BCUT2D eigenvalue weighted by atomic mass is 9.96. The Bertz CT molecular complexity index is 365. The molecule has 0 saturated carbocycles. The topological polar surface area (TPSA) is 55.3 Å². The molecule has 1 aliphatic heterocycles. The number of oxazole rings is 1. The van der Waals surface area contributed by atoms with E-state index in [0.717, 1.165) is 43.9 Å². The van der Waals surface area contributed by atoms with Gasteiger partial charge >= 0.3 is 0 Å². The standard InChI is InChI=1S/C14H25N3O/c1-10(2)17-6-4-12(5-7-17)14-16-13(9-18-14)8-11(3)15/h9-12H,4-8,15H2,1-3H3. The van der Waals surface area contributed by atoms with Gasteiger partial charge in [-0.15, -0.1) is 0 Å². The van der Waals surface area contributed by atoms with E-state index < -0.39 is 0 Å². The van der Waals surface area contributed by atoms with Gasteiger partial charge in [0, 0.05) is 24.4 Å². The van der Waals surface area contributed by atoms with Crippen LogP contribution >= 0.6 is 0 Å². The summed E-state index contributed by atoms with van der Waals surface area (Å²) in [5.41, 5.74) is 6.77. The number of hydrogen-bond acceptors (Lipinski definition) is 4. The molecule has 18 heavy (non-hydrogen) atoms. The molecule has 1 aliphatic rings. The van der Waals surface area contributed by atoms with Gasteiger partial charge in [-0.05, 0) is 46.7 Å². The van der Waals surface area contributed by atoms with Gasteiger partial charge in [-0.3, -0.25) is 0 Å². The van der Waals surface area contributed by atoms with Gasteiger partial charge in [0.2, 0.25) is 0 Å². The molecule has 0 radical (unpaired) electrons. The molecule has 0 bridgehead atoms. The first-order valence-corrected chi connectivity index (χ1v) is 7.00. The van der Waals surface area contributed by atoms with Gasteiger partial charge in [0.25, 0.3) is 0 Å². The fourth-order valence-electron chi connectivity index (χ4n) is 2.60. The first kappa shape index (κ1) is 13.6. The van der Waals surface area contributed by atoms with E-state index in [9.17, 15) is 0 Å². The van der Waals surface area contributed by atoms with Crippen LogP contribution in [0, 0.1) is 0 Å². The van der Waals surface area contributed by atoms with Crippen LogP contribution in [-0.4, -0.2) is 35.1 Å². The van der Waals surface area contributed by atoms with Crippen LogP contribution in [0.2, 0.25) is 0 Å². The first-order chi connectivity index (χ1) is 8.56. The summed E-state index contributed by atoms with van der Waals surface area (Å²) >= 11 is 0. The molecule has 1 aromatic heterocycles. The predicted molar refractivity (Wildman–Crippen MR) is 72.5 cm³/mol. The molecule has 2 rings (SSSR count). The monoisotopic (exact) mass is 251 g/mol. The number of aromatic nitrogens is 1. The average molecular weight is 251 g/mol. The third-order valence-corrected chi connectivity index (χ3v) is 3.71. The molecule has 4 nitrogen and oxygen atoms in total. The third-order valence-electron chi connectivity index (χ3n) is 3.71. The molecular weight excluding hydrogens is 226 g/mol. The fraction of sp³-hybridized carbons (Fsp3) is 0.786. The number of likely N-dealkylation sites (tertiary alicyclic amines) is 1. The quantitative estimate of drug-likeness (QED) is 0.891. The van der Waals surface area contributed by atoms with Crippen LogP contribution in [0.3, 0.4) is 0 Å². The summed E-state index contributed by atoms with van der Waals surface area (Å²) in [5.74, 6) is 1.40. The number of rotatable bonds is 4. The molecule has 0 aromatic carbocycles. The Morgan fingerprint density at radius 1 is 1.39 bits per heavy atom. The third kappa shape index (κ3) is 3.33. The highest BCUT2D eigenvalue weighted by Gasteiger charge is 2.25. The summed E-state index contributed by atoms with van der Waals surface area (Å²) in [4.78, 5) is 7.09. The van der Waals surface area contributed by atoms with Crippen molar-refractivity contribution in [3.63, 3.8) is 0 Å². The minimum Gasteiger partial charge on any atom is -0.448 e. The summed E-state index contributed by atoms with van der Waals surface area (Å²) in [6, 6.07) is 0.787. The molecule has 4 heteroatoms. The molecule has 2 N–H and O–H groups in total. The van der Waals surface area contributed by atoms with Gasteiger partial charge in [0.15, 0.2) is 5.89 Å². The van der Waals surface area contributed by atoms with Gasteiger partial charge in [0.05, 0.1) is 5.69 Å². The van der Waals surface area contributed by atoms with Crippen LogP contribution in [0.5, 0.6) is 0 Å². The second kappa shape index (κ2) is 5.85. The van der Waals surface area contributed by atoms with E-state index in [4.69, 9.17) is 10.2 Å². The van der Waals surface area contributed by atoms with Crippen LogP contribution < -0.4 is 5.73 Å². The largest absolute Gasteiger partial charge is 0.448 e. The summed E-state index contributed by atoms with van der Waals surface area (Å²) in [6.07, 6.45) is 4.87. The van der Waals surface area contributed by atoms with Crippen LogP contribution in [0.25, 0.3) is 0 Å². The maximum absolute atomic E-state index is 5.78. The SMILES string of the molecule is CC(N)Cc1coc(C2CCN(C(C)C)CC2)n1. The smallest absolute Gasteiger partial charge is 0.197 e. The number of nitrogens with two attached hydrogens (primary N) is 1. The molecule has 1 atom stereocenters. The Morgan fingerprint density at radius 3 is 2.61 bits per heavy atom. The average Bonchev–Trinajstić information content (AvgIpc) is 2.76. The van der Waals surface area contributed by atoms with Gasteiger partial charge in [0.1, 0.15) is 6.26 Å². The zero-order valence-electron chi connectivity index (χ0n) is 11.7. The molecule has 0 spiro atoms. The van der Waals surface area contributed by atoms with E-state index in [0.29, 0.717) is 12.0 Å². The van der Waals surface area contributed by atoms with E-state index in [1.54, 1.807) is 6.26 Å². The molecule has 1 aromatic rings. The Kier molecular flexibility index (Phi) is 4.40. The lowest BCUT2D eigenvalue weighted by molar-refractivity contribution is 0.163. The van der Waals surface area contributed by atoms with Crippen molar-refractivity contribution in [2.75, 3.05) is 13.1 Å². The van der Waals surface area contributed by atoms with E-state index >= 15 is 0 Å². The van der Waals surface area contributed by atoms with Crippen LogP contribution in [0.4, 0.5) is 0 Å². The lowest BCUT2D eigenvalue weighted by Gasteiger charge is -2.33. The first-order valence-electron chi connectivity index (χ1n) is 7.00. The number of hydrogen-bond donors (Lipinski definition) is 1. The molecule has 0 aliphatic carbocycles. The van der Waals surface area contributed by atoms with E-state index in [-0.39, 0.29) is 6.04 Å². The maximum Gasteiger partial charge on any atom is 0.197 e. The molecule has 2 heterocycles. The van der Waals surface area contributed by atoms with Crippen molar-refractivity contribution in [2.24, 2.45) is 5.73 Å². The van der Waals surface area contributed by atoms with Gasteiger partial charge in [-0.25, -0.2) is 4.98 Å². The van der Waals surface area contributed by atoms with Gasteiger partial charge in [-0.2, -0.15) is 0 Å². The second-order valence-electron chi connectivity index (χ2n) is 5.76. The zero-order valence-corrected chi connectivity index (χ0v) is 11.7. The summed E-state index contributed by atoms with van der Waals surface area (Å²) < 4.78 is 5.62. The van der Waals surface area contributed by atoms with Crippen molar-refractivity contribution in [3.8, 4) is 0 Å². The molecular formula is C14H25N3O. The maximum atomic E-state index is 5.78. The zero-order chi connectivity index (χ0) is 13.1. The van der Waals surface area contributed by atoms with Gasteiger partial charge in [-0.1, -0.05) is 0 Å². The van der Waals surface area contributed by atoms with Crippen molar-refractivity contribution < 1.29 is 4.42 Å². The predicted octanol–water partition coefficient (Wildman–Crippen LogP) is 2.15. The molecule has 1 fully saturated rings. The highest BCUT2D eigenvalue weighted by Crippen LogP contribution is 2.28. The van der Waals surface area contributed by atoms with Crippen molar-refractivity contribution in [1.29, 1.82) is 0 Å². The molecule has 102 valence electrons. The number of piperidine rings is 1. The van der Waals surface area contributed by atoms with Gasteiger partial charge < -0.3 is 15.1 Å². The molecule has 1 saturated heterocycles. The minimum absolute atomic E-state index is 0.144. The second-order valence-corrected chi connectivity index (χ2v) is 5.76. The Hall–Kier alpha value is -0.870. The van der Waals surface area contributed by atoms with Crippen LogP contribution in [0.1, 0.15) is 51.1 Å². The fourth-order valence-corrected chi connectivity index (χ4v) is 2.60. The lowest BCUT2D eigenvalue weighted by Crippen LogP contribution is -2.37. The van der Waals surface area contributed by atoms with E-state index in [1.165, 1.54) is 0 Å². The van der Waals surface area contributed by atoms with Crippen LogP contribution in [0.15, 0.2) is 10.7 Å². The summed E-state index contributed by atoms with van der Waals surface area (Å²) in [7, 11) is 0. The van der Waals surface area contributed by atoms with E-state index in [1.807, 2.05) is 6.92 Å². The highest BCUT2D eigenvalue weighted by molar-refractivity contribution is 5.03. The molecule has 1 unspecified atom stereocenters. The Balaban J connectivity index is 1.91. The van der Waals surface area contributed by atoms with Crippen LogP contribution in [-0.2, 0) is 6.42 Å². The normalized spacial score (nSPS) is 20.5. The summed E-state index contributed by atoms with van der Waals surface area (Å²) in [5, 5.41) is 0. The Labute approximate surface area is 110 Å². The van der Waals surface area contributed by atoms with E-state index in [2.05, 4.69) is 23.7 Å². The minimum atomic E-state index is 0.144. The van der Waals surface area contributed by atoms with Crippen molar-refractivity contribution in [2.45, 2.75) is 58.0 Å². The van der Waals surface area contributed by atoms with Crippen molar-refractivity contribution in [1.82, 2.24) is 9.88 Å². The van der Waals surface area contributed by atoms with Crippen molar-refractivity contribution in [3.05, 3.63) is 17.8 Å². The highest BCUT2D eigenvalue weighted by atomic mass is 16.3. The number of nitrogens with zero attached hydrogens (tertiary/aromatic N) is 2. The molecule has 0 amide bonds. The summed E-state index contributed by atoms with van der Waals surface area (Å²) in [6.45, 7) is 8.80. The van der Waals surface area contributed by atoms with Crippen molar-refractivity contribution >= 4 is 0 Å². The Morgan fingerprint density at radius 2 is 2.06 bits per heavy atom.